The summed E-state index contributed by atoms with van der Waals surface area (Å²) in [4.78, 5) is 13.7. The number of benzene rings is 1. The fraction of sp³-hybridized carbons (Fsp3) is 0.462. The van der Waals surface area contributed by atoms with E-state index in [0.717, 1.165) is 31.2 Å². The highest BCUT2D eigenvalue weighted by molar-refractivity contribution is 5.94. The third-order valence-electron chi connectivity index (χ3n) is 3.18. The molecule has 1 saturated heterocycles. The molecular formula is C13H16F2N2O. The molecule has 1 aliphatic heterocycles. The monoisotopic (exact) mass is 254 g/mol. The molecule has 0 aromatic heterocycles. The van der Waals surface area contributed by atoms with Crippen LogP contribution in [0.15, 0.2) is 18.2 Å². The van der Waals surface area contributed by atoms with E-state index in [1.165, 1.54) is 0 Å². The largest absolute Gasteiger partial charge is 0.338 e. The minimum atomic E-state index is -0.718. The first-order chi connectivity index (χ1) is 8.60. The number of amides is 1. The minimum Gasteiger partial charge on any atom is -0.338 e. The summed E-state index contributed by atoms with van der Waals surface area (Å²) >= 11 is 0. The van der Waals surface area contributed by atoms with Crippen LogP contribution in [0.2, 0.25) is 0 Å². The molecule has 0 spiro atoms. The van der Waals surface area contributed by atoms with E-state index in [2.05, 4.69) is 5.32 Å². The van der Waals surface area contributed by atoms with Crippen molar-refractivity contribution in [2.24, 2.45) is 5.92 Å². The van der Waals surface area contributed by atoms with Crippen LogP contribution in [-0.4, -0.2) is 37.5 Å². The highest BCUT2D eigenvalue weighted by Crippen LogP contribution is 2.19. The number of hydrogen-bond acceptors (Lipinski definition) is 2. The molecule has 1 atom stereocenters. The normalized spacial score (nSPS) is 19.3. The number of halogens is 2. The van der Waals surface area contributed by atoms with Gasteiger partial charge in [0.05, 0.1) is 0 Å². The van der Waals surface area contributed by atoms with E-state index < -0.39 is 11.6 Å². The van der Waals surface area contributed by atoms with Crippen molar-refractivity contribution in [2.75, 3.05) is 26.7 Å². The summed E-state index contributed by atoms with van der Waals surface area (Å²) in [5.74, 6) is -1.32. The van der Waals surface area contributed by atoms with Crippen LogP contribution in [0, 0.1) is 17.6 Å². The van der Waals surface area contributed by atoms with Crippen LogP contribution in [0.25, 0.3) is 0 Å². The van der Waals surface area contributed by atoms with Crippen molar-refractivity contribution in [3.05, 3.63) is 35.4 Å². The Morgan fingerprint density at radius 1 is 1.39 bits per heavy atom. The Morgan fingerprint density at radius 2 is 2.06 bits per heavy atom. The minimum absolute atomic E-state index is 0.0811. The van der Waals surface area contributed by atoms with Crippen molar-refractivity contribution >= 4 is 5.91 Å². The first-order valence-electron chi connectivity index (χ1n) is 6.00. The molecule has 0 radical (unpaired) electrons. The lowest BCUT2D eigenvalue weighted by atomic mass is 10.1. The average molecular weight is 254 g/mol. The van der Waals surface area contributed by atoms with Gasteiger partial charge in [0.15, 0.2) is 0 Å². The van der Waals surface area contributed by atoms with Crippen molar-refractivity contribution in [3.8, 4) is 0 Å². The van der Waals surface area contributed by atoms with E-state index in [0.29, 0.717) is 19.0 Å². The zero-order chi connectivity index (χ0) is 13.1. The van der Waals surface area contributed by atoms with Crippen LogP contribution in [-0.2, 0) is 0 Å². The van der Waals surface area contributed by atoms with Gasteiger partial charge in [-0.15, -0.1) is 0 Å². The number of nitrogens with zero attached hydrogens (tertiary/aromatic N) is 1. The first kappa shape index (κ1) is 13.0. The van der Waals surface area contributed by atoms with Gasteiger partial charge in [0.2, 0.25) is 0 Å². The molecule has 1 aromatic carbocycles. The summed E-state index contributed by atoms with van der Waals surface area (Å²) in [5, 5.41) is 3.07. The summed E-state index contributed by atoms with van der Waals surface area (Å²) in [7, 11) is 1.87. The molecule has 18 heavy (non-hydrogen) atoms. The van der Waals surface area contributed by atoms with Crippen LogP contribution in [0.5, 0.6) is 0 Å². The topological polar surface area (TPSA) is 32.3 Å². The summed E-state index contributed by atoms with van der Waals surface area (Å²) in [6.07, 6.45) is 0.921. The van der Waals surface area contributed by atoms with Crippen LogP contribution in [0.1, 0.15) is 16.8 Å². The highest BCUT2D eigenvalue weighted by atomic mass is 19.1. The van der Waals surface area contributed by atoms with Crippen LogP contribution < -0.4 is 5.32 Å². The molecule has 5 heteroatoms. The number of hydrogen-bond donors (Lipinski definition) is 1. The van der Waals surface area contributed by atoms with E-state index in [9.17, 15) is 13.6 Å². The highest BCUT2D eigenvalue weighted by Gasteiger charge is 2.26. The molecule has 98 valence electrons. The first-order valence-corrected chi connectivity index (χ1v) is 6.00. The van der Waals surface area contributed by atoms with Crippen LogP contribution in [0.3, 0.4) is 0 Å². The zero-order valence-electron chi connectivity index (χ0n) is 10.2. The predicted molar refractivity (Wildman–Crippen MR) is 64.3 cm³/mol. The van der Waals surface area contributed by atoms with E-state index in [-0.39, 0.29) is 11.5 Å². The Kier molecular flexibility index (Phi) is 3.91. The molecule has 1 unspecified atom stereocenters. The number of carbonyl (C=O) groups excluding carboxylic acids is 1. The SMILES string of the molecule is CNCC1CCN(C(=O)c2cc(F)cc(F)c2)C1. The number of likely N-dealkylation sites (tertiary alicyclic amines) is 1. The van der Waals surface area contributed by atoms with Crippen LogP contribution >= 0.6 is 0 Å². The molecule has 1 N–H and O–H groups in total. The molecule has 1 aromatic rings. The maximum atomic E-state index is 13.1. The predicted octanol–water partition coefficient (Wildman–Crippen LogP) is 1.65. The second kappa shape index (κ2) is 5.44. The van der Waals surface area contributed by atoms with Crippen LogP contribution in [0.4, 0.5) is 8.78 Å². The third kappa shape index (κ3) is 2.85. The van der Waals surface area contributed by atoms with Crippen molar-refractivity contribution in [1.29, 1.82) is 0 Å². The Labute approximate surface area is 105 Å². The Bertz CT molecular complexity index is 430. The van der Waals surface area contributed by atoms with Gasteiger partial charge < -0.3 is 10.2 Å². The van der Waals surface area contributed by atoms with Gasteiger partial charge in [-0.2, -0.15) is 0 Å². The molecule has 0 aliphatic carbocycles. The van der Waals surface area contributed by atoms with Gasteiger partial charge in [-0.3, -0.25) is 4.79 Å². The zero-order valence-corrected chi connectivity index (χ0v) is 10.2. The lowest BCUT2D eigenvalue weighted by Crippen LogP contribution is -2.30. The Hall–Kier alpha value is -1.49. The van der Waals surface area contributed by atoms with Gasteiger partial charge in [-0.1, -0.05) is 0 Å². The van der Waals surface area contributed by atoms with Gasteiger partial charge >= 0.3 is 0 Å². The molecule has 1 fully saturated rings. The maximum Gasteiger partial charge on any atom is 0.254 e. The quantitative estimate of drug-likeness (QED) is 0.889. The van der Waals surface area contributed by atoms with Gasteiger partial charge in [-0.25, -0.2) is 8.78 Å². The van der Waals surface area contributed by atoms with Gasteiger partial charge in [0.1, 0.15) is 11.6 Å². The summed E-state index contributed by atoms with van der Waals surface area (Å²) < 4.78 is 26.1. The van der Waals surface area contributed by atoms with E-state index in [1.807, 2.05) is 7.05 Å². The molecule has 2 rings (SSSR count). The summed E-state index contributed by atoms with van der Waals surface area (Å²) in [5.41, 5.74) is 0.0811. The summed E-state index contributed by atoms with van der Waals surface area (Å²) in [6, 6.07) is 2.93. The smallest absolute Gasteiger partial charge is 0.254 e. The van der Waals surface area contributed by atoms with Crippen molar-refractivity contribution in [3.63, 3.8) is 0 Å². The molecule has 1 amide bonds. The van der Waals surface area contributed by atoms with Crippen molar-refractivity contribution in [2.45, 2.75) is 6.42 Å². The lowest BCUT2D eigenvalue weighted by Gasteiger charge is -2.16. The molecule has 1 aliphatic rings. The van der Waals surface area contributed by atoms with Crippen molar-refractivity contribution < 1.29 is 13.6 Å². The fourth-order valence-electron chi connectivity index (χ4n) is 2.33. The molecule has 0 bridgehead atoms. The van der Waals surface area contributed by atoms with E-state index >= 15 is 0 Å². The standard InChI is InChI=1S/C13H16F2N2O/c1-16-7-9-2-3-17(8-9)13(18)10-4-11(14)6-12(15)5-10/h4-6,9,16H,2-3,7-8H2,1H3. The number of nitrogens with one attached hydrogen (secondary N) is 1. The second-order valence-corrected chi connectivity index (χ2v) is 4.62. The Balaban J connectivity index is 2.08. The average Bonchev–Trinajstić information content (AvgIpc) is 2.76. The maximum absolute atomic E-state index is 13.1. The third-order valence-corrected chi connectivity index (χ3v) is 3.18. The second-order valence-electron chi connectivity index (χ2n) is 4.62. The molecule has 1 heterocycles. The van der Waals surface area contributed by atoms with Gasteiger partial charge in [0.25, 0.3) is 5.91 Å². The molecular weight excluding hydrogens is 238 g/mol. The van der Waals surface area contributed by atoms with E-state index in [1.54, 1.807) is 4.90 Å². The fourth-order valence-corrected chi connectivity index (χ4v) is 2.33. The molecule has 0 saturated carbocycles. The van der Waals surface area contributed by atoms with Crippen molar-refractivity contribution in [1.82, 2.24) is 10.2 Å². The van der Waals surface area contributed by atoms with Gasteiger partial charge in [0, 0.05) is 24.7 Å². The number of rotatable bonds is 3. The van der Waals surface area contributed by atoms with Gasteiger partial charge in [-0.05, 0) is 38.1 Å². The van der Waals surface area contributed by atoms with E-state index in [4.69, 9.17) is 0 Å². The number of carbonyl (C=O) groups is 1. The lowest BCUT2D eigenvalue weighted by molar-refractivity contribution is 0.0786. The summed E-state index contributed by atoms with van der Waals surface area (Å²) in [6.45, 7) is 2.13. The molecule has 3 nitrogen and oxygen atoms in total. The Morgan fingerprint density at radius 3 is 2.67 bits per heavy atom.